The molecule has 1 rings (SSSR count). The first-order chi connectivity index (χ1) is 7.93. The molecule has 1 fully saturated rings. The maximum atomic E-state index is 11.9. The van der Waals surface area contributed by atoms with Crippen LogP contribution in [0.1, 0.15) is 19.8 Å². The molecular formula is C9H15N5O3. The summed E-state index contributed by atoms with van der Waals surface area (Å²) in [4.78, 5) is 34.7. The standard InChI is InChI=1S/C9H15N5O3/c1-3-4-9(5-11-13-7(10)16)6(15)14(2)8(17)12-9/h5H,3-4H2,1-2H3,(H,12,17)(H3,10,13,16)/b11-5+. The quantitative estimate of drug-likeness (QED) is 0.345. The number of imide groups is 1. The number of nitrogens with zero attached hydrogens (tertiary/aromatic N) is 2. The van der Waals surface area contributed by atoms with Gasteiger partial charge in [0.05, 0.1) is 6.21 Å². The van der Waals surface area contributed by atoms with Crippen molar-refractivity contribution in [3.63, 3.8) is 0 Å². The number of carbonyl (C=O) groups excluding carboxylic acids is 3. The summed E-state index contributed by atoms with van der Waals surface area (Å²) in [6.07, 6.45) is 2.26. The minimum absolute atomic E-state index is 0.395. The van der Waals surface area contributed by atoms with Gasteiger partial charge >= 0.3 is 12.1 Å². The van der Waals surface area contributed by atoms with E-state index in [2.05, 4.69) is 10.4 Å². The maximum absolute atomic E-state index is 11.9. The fraction of sp³-hybridized carbons (Fsp3) is 0.556. The van der Waals surface area contributed by atoms with Crippen LogP contribution in [0.2, 0.25) is 0 Å². The van der Waals surface area contributed by atoms with Crippen molar-refractivity contribution in [1.29, 1.82) is 0 Å². The fourth-order valence-electron chi connectivity index (χ4n) is 1.64. The number of primary amides is 1. The van der Waals surface area contributed by atoms with Crippen LogP contribution in [-0.2, 0) is 4.79 Å². The number of rotatable bonds is 4. The third-order valence-corrected chi connectivity index (χ3v) is 2.42. The lowest BCUT2D eigenvalue weighted by atomic mass is 9.95. The monoisotopic (exact) mass is 241 g/mol. The second kappa shape index (κ2) is 4.81. The predicted octanol–water partition coefficient (Wildman–Crippen LogP) is -0.639. The van der Waals surface area contributed by atoms with Gasteiger partial charge in [0, 0.05) is 7.05 Å². The van der Waals surface area contributed by atoms with Gasteiger partial charge in [-0.3, -0.25) is 9.69 Å². The van der Waals surface area contributed by atoms with E-state index in [0.29, 0.717) is 12.8 Å². The Morgan fingerprint density at radius 2 is 2.29 bits per heavy atom. The Hall–Kier alpha value is -2.12. The third kappa shape index (κ3) is 2.52. The third-order valence-electron chi connectivity index (χ3n) is 2.42. The van der Waals surface area contributed by atoms with Gasteiger partial charge in [0.25, 0.3) is 5.91 Å². The smallest absolute Gasteiger partial charge is 0.332 e. The Labute approximate surface area is 98.2 Å². The van der Waals surface area contributed by atoms with Crippen molar-refractivity contribution in [2.24, 2.45) is 10.8 Å². The molecule has 0 aromatic carbocycles. The number of hydrazone groups is 1. The summed E-state index contributed by atoms with van der Waals surface area (Å²) in [5, 5.41) is 6.09. The zero-order valence-electron chi connectivity index (χ0n) is 9.69. The van der Waals surface area contributed by atoms with Crippen LogP contribution in [0.5, 0.6) is 0 Å². The SMILES string of the molecule is CCCC1(/C=N/NC(N)=O)NC(=O)N(C)C1=O. The Bertz CT molecular complexity index is 381. The van der Waals surface area contributed by atoms with E-state index >= 15 is 0 Å². The molecule has 8 heteroatoms. The molecule has 1 atom stereocenters. The Morgan fingerprint density at radius 1 is 1.65 bits per heavy atom. The number of amides is 5. The minimum atomic E-state index is -1.19. The fourth-order valence-corrected chi connectivity index (χ4v) is 1.64. The summed E-state index contributed by atoms with van der Waals surface area (Å²) in [6, 6.07) is -1.33. The number of likely N-dealkylation sites (N-methyl/N-ethyl adjacent to an activating group) is 1. The molecule has 0 aliphatic carbocycles. The van der Waals surface area contributed by atoms with E-state index in [9.17, 15) is 14.4 Å². The van der Waals surface area contributed by atoms with Crippen LogP contribution in [0.3, 0.4) is 0 Å². The summed E-state index contributed by atoms with van der Waals surface area (Å²) in [5.74, 6) is -0.403. The topological polar surface area (TPSA) is 117 Å². The molecule has 0 bridgehead atoms. The van der Waals surface area contributed by atoms with Crippen molar-refractivity contribution in [3.8, 4) is 0 Å². The molecule has 0 spiro atoms. The highest BCUT2D eigenvalue weighted by Crippen LogP contribution is 2.20. The normalized spacial score (nSPS) is 24.2. The molecule has 0 radical (unpaired) electrons. The summed E-state index contributed by atoms with van der Waals surface area (Å²) in [7, 11) is 1.38. The minimum Gasteiger partial charge on any atom is -0.350 e. The van der Waals surface area contributed by atoms with Gasteiger partial charge in [-0.1, -0.05) is 13.3 Å². The van der Waals surface area contributed by atoms with Crippen molar-refractivity contribution in [2.45, 2.75) is 25.3 Å². The molecule has 1 aliphatic heterocycles. The highest BCUT2D eigenvalue weighted by atomic mass is 16.2. The van der Waals surface area contributed by atoms with Gasteiger partial charge < -0.3 is 11.1 Å². The first kappa shape index (κ1) is 12.9. The van der Waals surface area contributed by atoms with Crippen molar-refractivity contribution in [1.82, 2.24) is 15.6 Å². The number of urea groups is 2. The maximum Gasteiger partial charge on any atom is 0.332 e. The lowest BCUT2D eigenvalue weighted by Gasteiger charge is -2.20. The van der Waals surface area contributed by atoms with E-state index in [0.717, 1.165) is 4.90 Å². The van der Waals surface area contributed by atoms with Gasteiger partial charge in [-0.15, -0.1) is 0 Å². The van der Waals surface area contributed by atoms with Crippen molar-refractivity contribution < 1.29 is 14.4 Å². The molecule has 0 aromatic heterocycles. The number of nitrogens with one attached hydrogen (secondary N) is 2. The molecule has 1 unspecified atom stereocenters. The predicted molar refractivity (Wildman–Crippen MR) is 60.2 cm³/mol. The van der Waals surface area contributed by atoms with Gasteiger partial charge in [-0.05, 0) is 6.42 Å². The van der Waals surface area contributed by atoms with E-state index in [-0.39, 0.29) is 0 Å². The van der Waals surface area contributed by atoms with E-state index in [1.807, 2.05) is 12.3 Å². The van der Waals surface area contributed by atoms with Gasteiger partial charge in [0.1, 0.15) is 0 Å². The summed E-state index contributed by atoms with van der Waals surface area (Å²) >= 11 is 0. The lowest BCUT2D eigenvalue weighted by molar-refractivity contribution is -0.128. The van der Waals surface area contributed by atoms with Crippen molar-refractivity contribution in [3.05, 3.63) is 0 Å². The van der Waals surface area contributed by atoms with Gasteiger partial charge in [0.2, 0.25) is 0 Å². The molecule has 1 aliphatic rings. The van der Waals surface area contributed by atoms with Gasteiger partial charge in [0.15, 0.2) is 5.54 Å². The summed E-state index contributed by atoms with van der Waals surface area (Å²) in [5.41, 5.74) is 5.64. The van der Waals surface area contributed by atoms with Crippen LogP contribution in [0, 0.1) is 0 Å². The second-order valence-corrected chi connectivity index (χ2v) is 3.75. The molecule has 1 saturated heterocycles. The molecule has 0 saturated carbocycles. The first-order valence-electron chi connectivity index (χ1n) is 5.13. The van der Waals surface area contributed by atoms with Crippen LogP contribution in [0.4, 0.5) is 9.59 Å². The number of hydrogen-bond acceptors (Lipinski definition) is 4. The first-order valence-corrected chi connectivity index (χ1v) is 5.13. The molecule has 5 amide bonds. The Balaban J connectivity index is 2.91. The summed E-state index contributed by atoms with van der Waals surface area (Å²) in [6.45, 7) is 1.87. The van der Waals surface area contributed by atoms with Gasteiger partial charge in [-0.2, -0.15) is 5.10 Å². The van der Waals surface area contributed by atoms with Crippen LogP contribution < -0.4 is 16.5 Å². The van der Waals surface area contributed by atoms with Gasteiger partial charge in [-0.25, -0.2) is 15.0 Å². The van der Waals surface area contributed by atoms with E-state index in [4.69, 9.17) is 5.73 Å². The largest absolute Gasteiger partial charge is 0.350 e. The Morgan fingerprint density at radius 3 is 2.71 bits per heavy atom. The molecule has 8 nitrogen and oxygen atoms in total. The number of carbonyl (C=O) groups is 3. The molecule has 1 heterocycles. The molecular weight excluding hydrogens is 226 g/mol. The zero-order chi connectivity index (χ0) is 13.1. The highest BCUT2D eigenvalue weighted by Gasteiger charge is 2.48. The van der Waals surface area contributed by atoms with Crippen LogP contribution in [-0.4, -0.2) is 41.7 Å². The van der Waals surface area contributed by atoms with Crippen molar-refractivity contribution in [2.75, 3.05) is 7.05 Å². The van der Waals surface area contributed by atoms with E-state index in [1.54, 1.807) is 0 Å². The van der Waals surface area contributed by atoms with Crippen LogP contribution in [0.25, 0.3) is 0 Å². The van der Waals surface area contributed by atoms with Crippen LogP contribution in [0.15, 0.2) is 5.10 Å². The molecule has 94 valence electrons. The van der Waals surface area contributed by atoms with Crippen molar-refractivity contribution >= 4 is 24.2 Å². The average Bonchev–Trinajstić information content (AvgIpc) is 2.44. The molecule has 4 N–H and O–H groups in total. The average molecular weight is 241 g/mol. The number of nitrogens with two attached hydrogens (primary N) is 1. The number of hydrogen-bond donors (Lipinski definition) is 3. The van der Waals surface area contributed by atoms with E-state index < -0.39 is 23.5 Å². The molecule has 0 aromatic rings. The second-order valence-electron chi connectivity index (χ2n) is 3.75. The zero-order valence-corrected chi connectivity index (χ0v) is 9.69. The summed E-state index contributed by atoms with van der Waals surface area (Å²) < 4.78 is 0. The molecule has 17 heavy (non-hydrogen) atoms. The van der Waals surface area contributed by atoms with E-state index in [1.165, 1.54) is 13.3 Å². The Kier molecular flexibility index (Phi) is 3.66. The lowest BCUT2D eigenvalue weighted by Crippen LogP contribution is -2.49. The van der Waals surface area contributed by atoms with Crippen LogP contribution >= 0.6 is 0 Å². The highest BCUT2D eigenvalue weighted by molar-refractivity contribution is 6.16.